The highest BCUT2D eigenvalue weighted by atomic mass is 16.7. The molecule has 0 saturated carbocycles. The normalized spacial score (nSPS) is 16.7. The SMILES string of the molecule is c1c2c(cc3c1=NCN=3)OCO2. The van der Waals surface area contributed by atoms with Gasteiger partial charge in [0.1, 0.15) is 6.67 Å². The van der Waals surface area contributed by atoms with Crippen LogP contribution in [0.3, 0.4) is 0 Å². The largest absolute Gasteiger partial charge is 0.454 e. The molecule has 0 spiro atoms. The summed E-state index contributed by atoms with van der Waals surface area (Å²) >= 11 is 0. The van der Waals surface area contributed by atoms with E-state index < -0.39 is 0 Å². The van der Waals surface area contributed by atoms with Gasteiger partial charge in [-0.2, -0.15) is 0 Å². The zero-order valence-corrected chi connectivity index (χ0v) is 6.28. The molecule has 2 aliphatic heterocycles. The molecule has 0 fully saturated rings. The first kappa shape index (κ1) is 5.99. The minimum absolute atomic E-state index is 0.304. The smallest absolute Gasteiger partial charge is 0.231 e. The third-order valence-electron chi connectivity index (χ3n) is 1.95. The van der Waals surface area contributed by atoms with Crippen molar-refractivity contribution in [1.29, 1.82) is 0 Å². The second-order valence-electron chi connectivity index (χ2n) is 2.65. The zero-order valence-electron chi connectivity index (χ0n) is 6.28. The van der Waals surface area contributed by atoms with E-state index >= 15 is 0 Å². The maximum absolute atomic E-state index is 5.20. The van der Waals surface area contributed by atoms with Crippen LogP contribution in [-0.4, -0.2) is 13.5 Å². The Bertz CT molecular complexity index is 412. The number of benzene rings is 1. The highest BCUT2D eigenvalue weighted by Gasteiger charge is 2.14. The molecule has 2 aliphatic rings. The van der Waals surface area contributed by atoms with Crippen LogP contribution in [0.5, 0.6) is 11.5 Å². The van der Waals surface area contributed by atoms with Crippen molar-refractivity contribution < 1.29 is 9.47 Å². The summed E-state index contributed by atoms with van der Waals surface area (Å²) in [6.45, 7) is 0.830. The molecule has 12 heavy (non-hydrogen) atoms. The molecular weight excluding hydrogens is 156 g/mol. The van der Waals surface area contributed by atoms with Crippen molar-refractivity contribution in [3.05, 3.63) is 22.8 Å². The fourth-order valence-electron chi connectivity index (χ4n) is 1.36. The molecule has 0 aromatic heterocycles. The van der Waals surface area contributed by atoms with Gasteiger partial charge in [-0.05, 0) is 0 Å². The Labute approximate surface area is 68.2 Å². The lowest BCUT2D eigenvalue weighted by molar-refractivity contribution is 0.174. The van der Waals surface area contributed by atoms with Gasteiger partial charge in [0.2, 0.25) is 6.79 Å². The first-order chi connectivity index (χ1) is 5.93. The van der Waals surface area contributed by atoms with E-state index in [0.29, 0.717) is 13.5 Å². The Kier molecular flexibility index (Phi) is 0.983. The average Bonchev–Trinajstić information content (AvgIpc) is 2.64. The topological polar surface area (TPSA) is 43.2 Å². The average molecular weight is 162 g/mol. The molecule has 0 unspecified atom stereocenters. The molecule has 0 saturated heterocycles. The van der Waals surface area contributed by atoms with Gasteiger partial charge in [0.25, 0.3) is 0 Å². The van der Waals surface area contributed by atoms with Crippen molar-refractivity contribution in [3.8, 4) is 11.5 Å². The van der Waals surface area contributed by atoms with Crippen LogP contribution < -0.4 is 20.2 Å². The summed E-state index contributed by atoms with van der Waals surface area (Å²) in [6, 6.07) is 3.74. The monoisotopic (exact) mass is 162 g/mol. The van der Waals surface area contributed by atoms with E-state index in [4.69, 9.17) is 9.47 Å². The second-order valence-corrected chi connectivity index (χ2v) is 2.65. The van der Waals surface area contributed by atoms with Crippen LogP contribution in [0, 0.1) is 0 Å². The van der Waals surface area contributed by atoms with E-state index in [2.05, 4.69) is 9.98 Å². The van der Waals surface area contributed by atoms with Gasteiger partial charge in [-0.1, -0.05) is 0 Å². The van der Waals surface area contributed by atoms with Crippen molar-refractivity contribution in [3.63, 3.8) is 0 Å². The Morgan fingerprint density at radius 3 is 2.17 bits per heavy atom. The molecule has 3 rings (SSSR count). The van der Waals surface area contributed by atoms with Crippen LogP contribution in [0.4, 0.5) is 0 Å². The van der Waals surface area contributed by atoms with Gasteiger partial charge in [-0.3, -0.25) is 9.98 Å². The van der Waals surface area contributed by atoms with Crippen molar-refractivity contribution in [2.75, 3.05) is 13.5 Å². The van der Waals surface area contributed by atoms with E-state index in [1.807, 2.05) is 12.1 Å². The van der Waals surface area contributed by atoms with E-state index in [1.54, 1.807) is 0 Å². The number of hydrogen-bond donors (Lipinski definition) is 0. The molecule has 2 heterocycles. The van der Waals surface area contributed by atoms with Gasteiger partial charge in [0, 0.05) is 12.1 Å². The molecular formula is C8H6N2O2. The maximum Gasteiger partial charge on any atom is 0.231 e. The van der Waals surface area contributed by atoms with E-state index in [9.17, 15) is 0 Å². The third-order valence-corrected chi connectivity index (χ3v) is 1.95. The van der Waals surface area contributed by atoms with Crippen LogP contribution in [-0.2, 0) is 0 Å². The summed E-state index contributed by atoms with van der Waals surface area (Å²) in [7, 11) is 0. The van der Waals surface area contributed by atoms with E-state index in [-0.39, 0.29) is 0 Å². The van der Waals surface area contributed by atoms with Gasteiger partial charge < -0.3 is 9.47 Å². The molecule has 1 aromatic carbocycles. The molecule has 0 N–H and O–H groups in total. The van der Waals surface area contributed by atoms with Crippen LogP contribution in [0.15, 0.2) is 22.1 Å². The lowest BCUT2D eigenvalue weighted by atomic mass is 10.3. The predicted molar refractivity (Wildman–Crippen MR) is 39.7 cm³/mol. The summed E-state index contributed by atoms with van der Waals surface area (Å²) in [5, 5.41) is 1.80. The van der Waals surface area contributed by atoms with Gasteiger partial charge in [0.15, 0.2) is 11.5 Å². The van der Waals surface area contributed by atoms with Crippen LogP contribution in [0.25, 0.3) is 0 Å². The number of nitrogens with zero attached hydrogens (tertiary/aromatic N) is 2. The quantitative estimate of drug-likeness (QED) is 0.522. The Morgan fingerprint density at radius 1 is 1.00 bits per heavy atom. The molecule has 1 aromatic rings. The van der Waals surface area contributed by atoms with Gasteiger partial charge in [-0.15, -0.1) is 0 Å². The van der Waals surface area contributed by atoms with Crippen molar-refractivity contribution in [2.45, 2.75) is 0 Å². The molecule has 0 radical (unpaired) electrons. The van der Waals surface area contributed by atoms with Crippen molar-refractivity contribution >= 4 is 0 Å². The molecule has 4 heteroatoms. The molecule has 0 aliphatic carbocycles. The summed E-state index contributed by atoms with van der Waals surface area (Å²) in [5.41, 5.74) is 0. The van der Waals surface area contributed by atoms with Crippen molar-refractivity contribution in [1.82, 2.24) is 0 Å². The first-order valence-electron chi connectivity index (χ1n) is 3.72. The zero-order chi connectivity index (χ0) is 7.97. The standard InChI is InChI=1S/C8H6N2O2/c1-5-6(10-3-9-5)2-8-7(1)11-4-12-8/h1-2H,3-4H2. The summed E-state index contributed by atoms with van der Waals surface area (Å²) in [6.07, 6.45) is 0. The second kappa shape index (κ2) is 1.97. The van der Waals surface area contributed by atoms with Crippen molar-refractivity contribution in [2.24, 2.45) is 9.98 Å². The number of hydrogen-bond acceptors (Lipinski definition) is 4. The van der Waals surface area contributed by atoms with Gasteiger partial charge in [-0.25, -0.2) is 0 Å². The molecule has 0 atom stereocenters. The van der Waals surface area contributed by atoms with Gasteiger partial charge in [0.05, 0.1) is 10.7 Å². The number of rotatable bonds is 0. The molecule has 4 nitrogen and oxygen atoms in total. The lowest BCUT2D eigenvalue weighted by Crippen LogP contribution is -2.20. The highest BCUT2D eigenvalue weighted by molar-refractivity contribution is 5.41. The fourth-order valence-corrected chi connectivity index (χ4v) is 1.36. The van der Waals surface area contributed by atoms with E-state index in [1.165, 1.54) is 0 Å². The van der Waals surface area contributed by atoms with Crippen LogP contribution >= 0.6 is 0 Å². The van der Waals surface area contributed by atoms with Crippen LogP contribution in [0.2, 0.25) is 0 Å². The summed E-state index contributed by atoms with van der Waals surface area (Å²) < 4.78 is 10.4. The molecule has 0 amide bonds. The third kappa shape index (κ3) is 0.664. The minimum atomic E-state index is 0.304. The highest BCUT2D eigenvalue weighted by Crippen LogP contribution is 2.28. The van der Waals surface area contributed by atoms with Gasteiger partial charge >= 0.3 is 0 Å². The predicted octanol–water partition coefficient (Wildman–Crippen LogP) is -0.374. The Balaban J connectivity index is 2.40. The molecule has 60 valence electrons. The number of fused-ring (bicyclic) bond motifs is 2. The Morgan fingerprint density at radius 2 is 1.58 bits per heavy atom. The summed E-state index contributed by atoms with van der Waals surface area (Å²) in [4.78, 5) is 8.35. The molecule has 0 bridgehead atoms. The maximum atomic E-state index is 5.20. The Hall–Kier alpha value is -1.58. The minimum Gasteiger partial charge on any atom is -0.454 e. The van der Waals surface area contributed by atoms with E-state index in [0.717, 1.165) is 22.2 Å². The number of ether oxygens (including phenoxy) is 2. The summed E-state index contributed by atoms with van der Waals surface area (Å²) in [5.74, 6) is 1.55. The van der Waals surface area contributed by atoms with Crippen LogP contribution in [0.1, 0.15) is 0 Å². The fraction of sp³-hybridized carbons (Fsp3) is 0.250. The first-order valence-corrected chi connectivity index (χ1v) is 3.72. The lowest BCUT2D eigenvalue weighted by Gasteiger charge is -1.91.